The minimum atomic E-state index is 0.428. The van der Waals surface area contributed by atoms with Crippen LogP contribution in [0.4, 0.5) is 0 Å². The van der Waals surface area contributed by atoms with Gasteiger partial charge in [0, 0.05) is 5.56 Å². The Labute approximate surface area is 130 Å². The highest BCUT2D eigenvalue weighted by Gasteiger charge is 2.09. The molecular weight excluding hydrogens is 278 g/mol. The van der Waals surface area contributed by atoms with Crippen LogP contribution in [-0.2, 0) is 19.4 Å². The van der Waals surface area contributed by atoms with E-state index >= 15 is 0 Å². The lowest BCUT2D eigenvalue weighted by Gasteiger charge is -2.16. The molecule has 1 aliphatic rings. The molecule has 0 amide bonds. The van der Waals surface area contributed by atoms with Crippen LogP contribution in [0.3, 0.4) is 0 Å². The zero-order valence-electron chi connectivity index (χ0n) is 12.0. The zero-order chi connectivity index (χ0) is 14.7. The maximum Gasteiger partial charge on any atom is 0.120 e. The molecule has 1 aliphatic carbocycles. The summed E-state index contributed by atoms with van der Waals surface area (Å²) in [6, 6.07) is 14.4. The summed E-state index contributed by atoms with van der Waals surface area (Å²) in [4.78, 5) is 0.428. The van der Waals surface area contributed by atoms with Crippen molar-refractivity contribution < 1.29 is 4.74 Å². The quantitative estimate of drug-likeness (QED) is 0.872. The lowest BCUT2D eigenvalue weighted by atomic mass is 9.92. The van der Waals surface area contributed by atoms with E-state index in [1.807, 2.05) is 24.3 Å². The van der Waals surface area contributed by atoms with E-state index in [-0.39, 0.29) is 0 Å². The molecule has 2 N–H and O–H groups in total. The second-order valence-electron chi connectivity index (χ2n) is 5.49. The van der Waals surface area contributed by atoms with Gasteiger partial charge in [-0.25, -0.2) is 0 Å². The summed E-state index contributed by atoms with van der Waals surface area (Å²) in [6.07, 6.45) is 4.98. The van der Waals surface area contributed by atoms with Gasteiger partial charge < -0.3 is 10.5 Å². The van der Waals surface area contributed by atoms with E-state index in [0.717, 1.165) is 16.9 Å². The third-order valence-electron chi connectivity index (χ3n) is 3.96. The summed E-state index contributed by atoms with van der Waals surface area (Å²) >= 11 is 4.95. The molecule has 0 bridgehead atoms. The maximum atomic E-state index is 5.89. The molecule has 0 aliphatic heterocycles. The van der Waals surface area contributed by atoms with E-state index in [9.17, 15) is 0 Å². The van der Waals surface area contributed by atoms with E-state index < -0.39 is 0 Å². The number of aryl methyl sites for hydroxylation is 2. The van der Waals surface area contributed by atoms with Gasteiger partial charge >= 0.3 is 0 Å². The fourth-order valence-electron chi connectivity index (χ4n) is 2.73. The molecule has 2 nitrogen and oxygen atoms in total. The van der Waals surface area contributed by atoms with Crippen molar-refractivity contribution in [3.8, 4) is 5.75 Å². The highest BCUT2D eigenvalue weighted by Crippen LogP contribution is 2.25. The monoisotopic (exact) mass is 297 g/mol. The van der Waals surface area contributed by atoms with Gasteiger partial charge in [0.25, 0.3) is 0 Å². The number of hydrogen-bond acceptors (Lipinski definition) is 2. The van der Waals surface area contributed by atoms with Crippen LogP contribution in [0.5, 0.6) is 5.75 Å². The van der Waals surface area contributed by atoms with Gasteiger partial charge in [0.1, 0.15) is 17.3 Å². The topological polar surface area (TPSA) is 35.2 Å². The molecule has 0 heterocycles. The van der Waals surface area contributed by atoms with E-state index in [0.29, 0.717) is 11.6 Å². The molecule has 0 radical (unpaired) electrons. The molecule has 2 aromatic rings. The Morgan fingerprint density at radius 1 is 1.00 bits per heavy atom. The third-order valence-corrected chi connectivity index (χ3v) is 4.20. The minimum Gasteiger partial charge on any atom is -0.489 e. The summed E-state index contributed by atoms with van der Waals surface area (Å²) in [5.41, 5.74) is 10.5. The van der Waals surface area contributed by atoms with E-state index in [2.05, 4.69) is 18.2 Å². The van der Waals surface area contributed by atoms with Gasteiger partial charge in [0.05, 0.1) is 0 Å². The Kier molecular flexibility index (Phi) is 4.20. The Morgan fingerprint density at radius 2 is 1.71 bits per heavy atom. The number of thiocarbonyl (C=S) groups is 1. The van der Waals surface area contributed by atoms with Gasteiger partial charge in [0.15, 0.2) is 0 Å². The second kappa shape index (κ2) is 6.27. The standard InChI is InChI=1S/C18H19NOS/c19-18(21)15-7-5-13(6-8-15)12-20-17-10-9-14-3-1-2-4-16(14)11-17/h5-11H,1-4,12H2,(H2,19,21). The number of benzene rings is 2. The number of nitrogens with two attached hydrogens (primary N) is 1. The molecule has 3 rings (SSSR count). The molecule has 0 aromatic heterocycles. The van der Waals surface area contributed by atoms with E-state index in [1.165, 1.54) is 36.8 Å². The molecule has 0 saturated carbocycles. The molecule has 0 spiro atoms. The van der Waals surface area contributed by atoms with E-state index in [4.69, 9.17) is 22.7 Å². The van der Waals surface area contributed by atoms with Crippen molar-refractivity contribution in [2.24, 2.45) is 5.73 Å². The Balaban J connectivity index is 1.65. The summed E-state index contributed by atoms with van der Waals surface area (Å²) in [7, 11) is 0. The van der Waals surface area contributed by atoms with Crippen molar-refractivity contribution in [2.75, 3.05) is 0 Å². The van der Waals surface area contributed by atoms with Gasteiger partial charge in [0.2, 0.25) is 0 Å². The Hall–Kier alpha value is -1.87. The molecule has 0 unspecified atom stereocenters. The number of hydrogen-bond donors (Lipinski definition) is 1. The van der Waals surface area contributed by atoms with Crippen LogP contribution in [0.15, 0.2) is 42.5 Å². The number of fused-ring (bicyclic) bond motifs is 1. The molecule has 2 aromatic carbocycles. The zero-order valence-corrected chi connectivity index (χ0v) is 12.8. The number of ether oxygens (including phenoxy) is 1. The highest BCUT2D eigenvalue weighted by molar-refractivity contribution is 7.80. The summed E-state index contributed by atoms with van der Waals surface area (Å²) in [5, 5.41) is 0. The predicted molar refractivity (Wildman–Crippen MR) is 89.7 cm³/mol. The molecule has 0 atom stereocenters. The van der Waals surface area contributed by atoms with Gasteiger partial charge in [-0.15, -0.1) is 0 Å². The van der Waals surface area contributed by atoms with Crippen molar-refractivity contribution in [3.05, 3.63) is 64.7 Å². The van der Waals surface area contributed by atoms with Gasteiger partial charge in [-0.2, -0.15) is 0 Å². The van der Waals surface area contributed by atoms with Crippen LogP contribution in [-0.4, -0.2) is 4.99 Å². The summed E-state index contributed by atoms with van der Waals surface area (Å²) in [6.45, 7) is 0.566. The molecule has 21 heavy (non-hydrogen) atoms. The first-order valence-electron chi connectivity index (χ1n) is 7.36. The van der Waals surface area contributed by atoms with Crippen molar-refractivity contribution >= 4 is 17.2 Å². The first-order chi connectivity index (χ1) is 10.2. The SMILES string of the molecule is NC(=S)c1ccc(COc2ccc3c(c2)CCCC3)cc1. The minimum absolute atomic E-state index is 0.428. The van der Waals surface area contributed by atoms with Gasteiger partial charge in [-0.1, -0.05) is 42.5 Å². The Morgan fingerprint density at radius 3 is 2.43 bits per heavy atom. The van der Waals surface area contributed by atoms with Crippen molar-refractivity contribution in [1.82, 2.24) is 0 Å². The van der Waals surface area contributed by atoms with Gasteiger partial charge in [-0.3, -0.25) is 0 Å². The van der Waals surface area contributed by atoms with Crippen LogP contribution in [0, 0.1) is 0 Å². The number of rotatable bonds is 4. The van der Waals surface area contributed by atoms with Crippen molar-refractivity contribution in [1.29, 1.82) is 0 Å². The van der Waals surface area contributed by atoms with E-state index in [1.54, 1.807) is 0 Å². The highest BCUT2D eigenvalue weighted by atomic mass is 32.1. The summed E-state index contributed by atoms with van der Waals surface area (Å²) in [5.74, 6) is 0.953. The average Bonchev–Trinajstić information content (AvgIpc) is 2.53. The molecule has 0 saturated heterocycles. The first kappa shape index (κ1) is 14.1. The molecule has 108 valence electrons. The predicted octanol–water partition coefficient (Wildman–Crippen LogP) is 3.78. The van der Waals surface area contributed by atoms with Crippen molar-refractivity contribution in [2.45, 2.75) is 32.3 Å². The summed E-state index contributed by atoms with van der Waals surface area (Å²) < 4.78 is 5.89. The van der Waals surface area contributed by atoms with Crippen LogP contribution < -0.4 is 10.5 Å². The third kappa shape index (κ3) is 3.42. The second-order valence-corrected chi connectivity index (χ2v) is 5.93. The fraction of sp³-hybridized carbons (Fsp3) is 0.278. The molecule has 0 fully saturated rings. The van der Waals surface area contributed by atoms with Crippen LogP contribution in [0.1, 0.15) is 35.1 Å². The van der Waals surface area contributed by atoms with Gasteiger partial charge in [-0.05, 0) is 54.5 Å². The normalized spacial score (nSPS) is 13.5. The first-order valence-corrected chi connectivity index (χ1v) is 7.76. The fourth-order valence-corrected chi connectivity index (χ4v) is 2.87. The Bertz CT molecular complexity index is 649. The van der Waals surface area contributed by atoms with Crippen LogP contribution >= 0.6 is 12.2 Å². The average molecular weight is 297 g/mol. The lowest BCUT2D eigenvalue weighted by Crippen LogP contribution is -2.09. The lowest BCUT2D eigenvalue weighted by molar-refractivity contribution is 0.305. The molecular formula is C18H19NOS. The van der Waals surface area contributed by atoms with Crippen LogP contribution in [0.25, 0.3) is 0 Å². The smallest absolute Gasteiger partial charge is 0.120 e. The van der Waals surface area contributed by atoms with Crippen LogP contribution in [0.2, 0.25) is 0 Å². The largest absolute Gasteiger partial charge is 0.489 e. The molecule has 3 heteroatoms. The van der Waals surface area contributed by atoms with Crippen molar-refractivity contribution in [3.63, 3.8) is 0 Å². The maximum absolute atomic E-state index is 5.89.